The molecule has 0 aliphatic rings. The van der Waals surface area contributed by atoms with Crippen molar-refractivity contribution in [3.8, 4) is 22.9 Å². The topological polar surface area (TPSA) is 45.4 Å². The fourth-order valence-electron chi connectivity index (χ4n) is 6.06. The lowest BCUT2D eigenvalue weighted by atomic mass is 10.0. The first kappa shape index (κ1) is 28.0. The van der Waals surface area contributed by atoms with Crippen molar-refractivity contribution in [3.63, 3.8) is 0 Å². The molecule has 0 saturated carbocycles. The van der Waals surface area contributed by atoms with Crippen LogP contribution >= 0.6 is 0 Å². The molecule has 5 heteroatoms. The molecule has 0 N–H and O–H groups in total. The predicted molar refractivity (Wildman–Crippen MR) is 192 cm³/mol. The van der Waals surface area contributed by atoms with E-state index in [2.05, 4.69) is 147 Å². The van der Waals surface area contributed by atoms with Crippen LogP contribution in [0.25, 0.3) is 33.7 Å². The van der Waals surface area contributed by atoms with Crippen molar-refractivity contribution in [1.82, 2.24) is 10.2 Å². The highest BCUT2D eigenvalue weighted by Gasteiger charge is 2.19. The summed E-state index contributed by atoms with van der Waals surface area (Å²) in [5.41, 5.74) is 8.22. The van der Waals surface area contributed by atoms with Gasteiger partial charge in [0.2, 0.25) is 11.8 Å². The van der Waals surface area contributed by atoms with Gasteiger partial charge in [-0.05, 0) is 90.3 Å². The van der Waals surface area contributed by atoms with E-state index in [9.17, 15) is 0 Å². The van der Waals surface area contributed by atoms with E-state index in [0.29, 0.717) is 11.8 Å². The van der Waals surface area contributed by atoms with Gasteiger partial charge in [-0.3, -0.25) is 0 Å². The molecule has 0 radical (unpaired) electrons. The smallest absolute Gasteiger partial charge is 0.248 e. The van der Waals surface area contributed by atoms with E-state index in [-0.39, 0.29) is 0 Å². The zero-order valence-electron chi connectivity index (χ0n) is 25.5. The highest BCUT2D eigenvalue weighted by atomic mass is 16.4. The van der Waals surface area contributed by atoms with Gasteiger partial charge >= 0.3 is 0 Å². The maximum absolute atomic E-state index is 6.20. The number of para-hydroxylation sites is 3. The average Bonchev–Trinajstić information content (AvgIpc) is 3.65. The van der Waals surface area contributed by atoms with Gasteiger partial charge in [-0.2, -0.15) is 0 Å². The van der Waals surface area contributed by atoms with Crippen LogP contribution in [-0.4, -0.2) is 10.2 Å². The summed E-state index contributed by atoms with van der Waals surface area (Å²) in [6, 6.07) is 62.6. The molecule has 5 nitrogen and oxygen atoms in total. The van der Waals surface area contributed by atoms with Crippen LogP contribution in [0.15, 0.2) is 186 Å². The van der Waals surface area contributed by atoms with Crippen LogP contribution in [0.1, 0.15) is 0 Å². The molecule has 47 heavy (non-hydrogen) atoms. The third-order valence-electron chi connectivity index (χ3n) is 8.23. The number of benzene rings is 7. The molecule has 224 valence electrons. The molecule has 0 atom stereocenters. The predicted octanol–water partition coefficient (Wildman–Crippen LogP) is 11.5. The van der Waals surface area contributed by atoms with Crippen LogP contribution in [0.4, 0.5) is 34.1 Å². The van der Waals surface area contributed by atoms with Crippen LogP contribution in [-0.2, 0) is 0 Å². The molecule has 7 aromatic carbocycles. The molecule has 8 aromatic rings. The Balaban J connectivity index is 1.23. The Morgan fingerprint density at radius 3 is 1.38 bits per heavy atom. The average molecular weight is 607 g/mol. The Morgan fingerprint density at radius 2 is 0.787 bits per heavy atom. The van der Waals surface area contributed by atoms with Gasteiger partial charge in [-0.15, -0.1) is 10.2 Å². The van der Waals surface area contributed by atoms with Gasteiger partial charge in [-0.1, -0.05) is 97.1 Å². The molecule has 0 aliphatic carbocycles. The molecule has 1 aromatic heterocycles. The molecule has 1 heterocycles. The number of anilines is 6. The van der Waals surface area contributed by atoms with E-state index in [0.717, 1.165) is 56.0 Å². The van der Waals surface area contributed by atoms with Crippen molar-refractivity contribution < 1.29 is 4.42 Å². The fourth-order valence-corrected chi connectivity index (χ4v) is 6.06. The number of fused-ring (bicyclic) bond motifs is 1. The summed E-state index contributed by atoms with van der Waals surface area (Å²) in [7, 11) is 0. The lowest BCUT2D eigenvalue weighted by molar-refractivity contribution is 0.585. The molecule has 0 fully saturated rings. The number of aromatic nitrogens is 2. The summed E-state index contributed by atoms with van der Waals surface area (Å²) in [5.74, 6) is 0.990. The van der Waals surface area contributed by atoms with Crippen molar-refractivity contribution >= 4 is 44.9 Å². The molecule has 0 aliphatic heterocycles. The van der Waals surface area contributed by atoms with Crippen LogP contribution < -0.4 is 9.80 Å². The fraction of sp³-hybridized carbons (Fsp3) is 0. The van der Waals surface area contributed by atoms with Gasteiger partial charge in [-0.25, -0.2) is 0 Å². The second-order valence-electron chi connectivity index (χ2n) is 11.2. The third kappa shape index (κ3) is 5.51. The quantitative estimate of drug-likeness (QED) is 0.172. The van der Waals surface area contributed by atoms with Crippen LogP contribution in [0.5, 0.6) is 0 Å². The molecular weight excluding hydrogens is 576 g/mol. The monoisotopic (exact) mass is 606 g/mol. The normalized spacial score (nSPS) is 11.0. The Bertz CT molecular complexity index is 2200. The van der Waals surface area contributed by atoms with Crippen molar-refractivity contribution in [3.05, 3.63) is 182 Å². The molecule has 0 bridgehead atoms. The van der Waals surface area contributed by atoms with Gasteiger partial charge < -0.3 is 14.2 Å². The van der Waals surface area contributed by atoms with Crippen molar-refractivity contribution in [1.29, 1.82) is 0 Å². The van der Waals surface area contributed by atoms with Crippen molar-refractivity contribution in [2.75, 3.05) is 9.80 Å². The lowest BCUT2D eigenvalue weighted by Gasteiger charge is -2.29. The summed E-state index contributed by atoms with van der Waals surface area (Å²) in [6.07, 6.45) is 0. The van der Waals surface area contributed by atoms with E-state index >= 15 is 0 Å². The third-order valence-corrected chi connectivity index (χ3v) is 8.23. The maximum atomic E-state index is 6.20. The highest BCUT2D eigenvalue weighted by molar-refractivity contribution is 6.04. The van der Waals surface area contributed by atoms with Crippen molar-refractivity contribution in [2.24, 2.45) is 0 Å². The summed E-state index contributed by atoms with van der Waals surface area (Å²) in [5, 5.41) is 10.9. The van der Waals surface area contributed by atoms with Crippen LogP contribution in [0.2, 0.25) is 0 Å². The first-order valence-electron chi connectivity index (χ1n) is 15.6. The zero-order valence-corrected chi connectivity index (χ0v) is 25.5. The van der Waals surface area contributed by atoms with Gasteiger partial charge in [0.25, 0.3) is 0 Å². The zero-order chi connectivity index (χ0) is 31.4. The molecule has 0 unspecified atom stereocenters. The molecular formula is C42H30N4O. The molecule has 0 spiro atoms. The van der Waals surface area contributed by atoms with E-state index < -0.39 is 0 Å². The molecule has 8 rings (SSSR count). The largest absolute Gasteiger partial charge is 0.416 e. The van der Waals surface area contributed by atoms with Crippen LogP contribution in [0, 0.1) is 0 Å². The second kappa shape index (κ2) is 12.5. The number of nitrogens with zero attached hydrogens (tertiary/aromatic N) is 4. The summed E-state index contributed by atoms with van der Waals surface area (Å²) >= 11 is 0. The summed E-state index contributed by atoms with van der Waals surface area (Å²) in [4.78, 5) is 4.57. The van der Waals surface area contributed by atoms with E-state index in [4.69, 9.17) is 4.42 Å². The maximum Gasteiger partial charge on any atom is 0.248 e. The van der Waals surface area contributed by atoms with Crippen molar-refractivity contribution in [2.45, 2.75) is 0 Å². The van der Waals surface area contributed by atoms with E-state index in [1.807, 2.05) is 54.6 Å². The molecule has 0 saturated heterocycles. The Labute approximate surface area is 273 Å². The minimum absolute atomic E-state index is 0.490. The first-order valence-corrected chi connectivity index (χ1v) is 15.6. The lowest BCUT2D eigenvalue weighted by Crippen LogP contribution is -2.12. The van der Waals surface area contributed by atoms with Gasteiger partial charge in [0.15, 0.2) is 0 Å². The Morgan fingerprint density at radius 1 is 0.340 bits per heavy atom. The minimum Gasteiger partial charge on any atom is -0.416 e. The first-order chi connectivity index (χ1) is 23.3. The standard InChI is InChI=1S/C42H30N4O/c1-5-15-31(16-6-1)41-43-44-42(47-41)39-25-13-24-38-37(39)23-14-26-40(38)46(34-21-11-4-12-22-34)36-29-27-35(28-30-36)45(32-17-7-2-8-18-32)33-19-9-3-10-20-33/h1-30H. The SMILES string of the molecule is c1ccc(-c2nnc(-c3cccc4c(N(c5ccccc5)c5ccc(N(c6ccccc6)c6ccccc6)cc5)cccc34)o2)cc1. The number of hydrogen-bond acceptors (Lipinski definition) is 5. The number of hydrogen-bond donors (Lipinski definition) is 0. The second-order valence-corrected chi connectivity index (χ2v) is 11.2. The van der Waals surface area contributed by atoms with Gasteiger partial charge in [0, 0.05) is 45.0 Å². The highest BCUT2D eigenvalue weighted by Crippen LogP contribution is 2.42. The number of rotatable bonds is 8. The Kier molecular flexibility index (Phi) is 7.46. The molecule has 0 amide bonds. The summed E-state index contributed by atoms with van der Waals surface area (Å²) < 4.78 is 6.20. The Hall–Kier alpha value is -6.46. The summed E-state index contributed by atoms with van der Waals surface area (Å²) in [6.45, 7) is 0. The minimum atomic E-state index is 0.490. The van der Waals surface area contributed by atoms with E-state index in [1.165, 1.54) is 0 Å². The van der Waals surface area contributed by atoms with E-state index in [1.54, 1.807) is 0 Å². The van der Waals surface area contributed by atoms with Gasteiger partial charge in [0.05, 0.1) is 5.69 Å². The van der Waals surface area contributed by atoms with Crippen LogP contribution in [0.3, 0.4) is 0 Å². The van der Waals surface area contributed by atoms with Gasteiger partial charge in [0.1, 0.15) is 0 Å².